The number of para-hydroxylation sites is 1. The number of hydrogen-bond donors (Lipinski definition) is 2. The van der Waals surface area contributed by atoms with Crippen LogP contribution in [0.3, 0.4) is 0 Å². The predicted octanol–water partition coefficient (Wildman–Crippen LogP) is 3.66. The number of aliphatic hydroxyl groups is 1. The first-order chi connectivity index (χ1) is 17.4. The summed E-state index contributed by atoms with van der Waals surface area (Å²) in [5.41, 5.74) is 0.540. The first kappa shape index (κ1) is 23.9. The molecule has 36 heavy (non-hydrogen) atoms. The molecular formula is C27H24F2N2O5. The smallest absolute Gasteiger partial charge is 0.325 e. The summed E-state index contributed by atoms with van der Waals surface area (Å²) in [5.74, 6) is -0.766. The Morgan fingerprint density at radius 3 is 2.22 bits per heavy atom. The highest BCUT2D eigenvalue weighted by molar-refractivity contribution is 6.08. The van der Waals surface area contributed by atoms with Gasteiger partial charge in [0, 0.05) is 12.0 Å². The van der Waals surface area contributed by atoms with Gasteiger partial charge in [0.15, 0.2) is 5.54 Å². The zero-order valence-corrected chi connectivity index (χ0v) is 19.2. The van der Waals surface area contributed by atoms with Gasteiger partial charge in [-0.3, -0.25) is 9.69 Å². The third-order valence-corrected chi connectivity index (χ3v) is 6.45. The van der Waals surface area contributed by atoms with Crippen LogP contribution in [0.5, 0.6) is 5.75 Å². The Bertz CT molecular complexity index is 1220. The van der Waals surface area contributed by atoms with Gasteiger partial charge in [0.1, 0.15) is 23.5 Å². The van der Waals surface area contributed by atoms with Crippen LogP contribution in [0.15, 0.2) is 72.8 Å². The molecule has 0 bridgehead atoms. The molecule has 5 rings (SSSR count). The quantitative estimate of drug-likeness (QED) is 0.490. The van der Waals surface area contributed by atoms with Crippen molar-refractivity contribution in [1.29, 1.82) is 0 Å². The molecular weight excluding hydrogens is 470 g/mol. The van der Waals surface area contributed by atoms with Crippen molar-refractivity contribution in [2.24, 2.45) is 0 Å². The van der Waals surface area contributed by atoms with E-state index in [9.17, 15) is 23.5 Å². The maximum Gasteiger partial charge on any atom is 0.325 e. The number of hydrogen-bond acceptors (Lipinski definition) is 5. The van der Waals surface area contributed by atoms with Crippen LogP contribution in [-0.4, -0.2) is 47.8 Å². The summed E-state index contributed by atoms with van der Waals surface area (Å²) in [6, 6.07) is 17.7. The number of carbonyl (C=O) groups excluding carboxylic acids is 2. The van der Waals surface area contributed by atoms with Gasteiger partial charge in [-0.05, 0) is 41.5 Å². The van der Waals surface area contributed by atoms with E-state index in [1.807, 2.05) is 0 Å². The first-order valence-electron chi connectivity index (χ1n) is 11.5. The molecule has 3 aromatic rings. The summed E-state index contributed by atoms with van der Waals surface area (Å²) >= 11 is 0. The largest absolute Gasteiger partial charge is 0.493 e. The minimum absolute atomic E-state index is 0.233. The third kappa shape index (κ3) is 4.43. The van der Waals surface area contributed by atoms with E-state index < -0.39 is 41.3 Å². The molecule has 1 spiro atoms. The van der Waals surface area contributed by atoms with Crippen molar-refractivity contribution < 1.29 is 33.0 Å². The van der Waals surface area contributed by atoms with Gasteiger partial charge in [0.2, 0.25) is 0 Å². The number of halogens is 2. The second-order valence-corrected chi connectivity index (χ2v) is 8.82. The Kier molecular flexibility index (Phi) is 6.42. The number of nitrogens with one attached hydrogen (secondary N) is 1. The number of β-amino-alcohol motifs (C(OH)–C–C–N with tert-alkyl or cyclic N) is 1. The molecule has 2 heterocycles. The molecule has 0 saturated carbocycles. The minimum atomic E-state index is -1.24. The van der Waals surface area contributed by atoms with Gasteiger partial charge in [0.25, 0.3) is 5.91 Å². The summed E-state index contributed by atoms with van der Waals surface area (Å²) in [5, 5.41) is 13.5. The lowest BCUT2D eigenvalue weighted by Crippen LogP contribution is -2.48. The van der Waals surface area contributed by atoms with Crippen molar-refractivity contribution in [2.45, 2.75) is 24.2 Å². The number of aliphatic hydroxyl groups excluding tert-OH is 1. The molecule has 9 heteroatoms. The van der Waals surface area contributed by atoms with E-state index in [2.05, 4.69) is 5.32 Å². The first-order valence-corrected chi connectivity index (χ1v) is 11.5. The lowest BCUT2D eigenvalue weighted by molar-refractivity contribution is -0.134. The van der Waals surface area contributed by atoms with Crippen LogP contribution in [0, 0.1) is 11.6 Å². The molecule has 2 N–H and O–H groups in total. The minimum Gasteiger partial charge on any atom is -0.493 e. The van der Waals surface area contributed by atoms with Crippen molar-refractivity contribution >= 4 is 11.9 Å². The zero-order valence-electron chi connectivity index (χ0n) is 19.2. The van der Waals surface area contributed by atoms with Gasteiger partial charge in [-0.25, -0.2) is 13.6 Å². The number of carbonyl (C=O) groups is 2. The molecule has 0 aromatic heterocycles. The topological polar surface area (TPSA) is 88.1 Å². The number of rotatable bonds is 7. The second kappa shape index (κ2) is 9.67. The summed E-state index contributed by atoms with van der Waals surface area (Å²) in [7, 11) is 0. The number of fused-ring (bicyclic) bond motifs is 2. The van der Waals surface area contributed by atoms with Crippen molar-refractivity contribution in [1.82, 2.24) is 10.2 Å². The molecule has 3 aromatic carbocycles. The Morgan fingerprint density at radius 2 is 1.58 bits per heavy atom. The summed E-state index contributed by atoms with van der Waals surface area (Å²) in [6.07, 6.45) is -1.65. The van der Waals surface area contributed by atoms with Gasteiger partial charge in [0.05, 0.1) is 25.9 Å². The van der Waals surface area contributed by atoms with E-state index in [-0.39, 0.29) is 26.2 Å². The summed E-state index contributed by atoms with van der Waals surface area (Å²) in [6.45, 7) is -0.252. The number of ether oxygens (including phenoxy) is 2. The van der Waals surface area contributed by atoms with Crippen molar-refractivity contribution in [3.8, 4) is 5.75 Å². The molecule has 0 aliphatic carbocycles. The van der Waals surface area contributed by atoms with E-state index in [1.54, 1.807) is 48.5 Å². The monoisotopic (exact) mass is 494 g/mol. The highest BCUT2D eigenvalue weighted by Crippen LogP contribution is 2.41. The summed E-state index contributed by atoms with van der Waals surface area (Å²) < 4.78 is 38.5. The van der Waals surface area contributed by atoms with Crippen molar-refractivity contribution in [2.75, 3.05) is 19.8 Å². The SMILES string of the molecule is O=C1NC2(CCOc3ccccc32)C(=O)N1CC(O)COC(c1ccc(F)cc1)c1ccc(F)cc1. The fourth-order valence-corrected chi connectivity index (χ4v) is 4.67. The van der Waals surface area contributed by atoms with Crippen LogP contribution >= 0.6 is 0 Å². The lowest BCUT2D eigenvalue weighted by atomic mass is 9.84. The Morgan fingerprint density at radius 1 is 0.972 bits per heavy atom. The van der Waals surface area contributed by atoms with E-state index in [4.69, 9.17) is 9.47 Å². The maximum atomic E-state index is 13.5. The molecule has 7 nitrogen and oxygen atoms in total. The van der Waals surface area contributed by atoms with Gasteiger partial charge < -0.3 is 19.9 Å². The average Bonchev–Trinajstić information content (AvgIpc) is 3.11. The van der Waals surface area contributed by atoms with E-state index in [0.29, 0.717) is 22.4 Å². The Hall–Kier alpha value is -3.82. The highest BCUT2D eigenvalue weighted by atomic mass is 19.1. The summed E-state index contributed by atoms with van der Waals surface area (Å²) in [4.78, 5) is 27.2. The highest BCUT2D eigenvalue weighted by Gasteiger charge is 2.55. The van der Waals surface area contributed by atoms with Gasteiger partial charge >= 0.3 is 6.03 Å². The van der Waals surface area contributed by atoms with Crippen LogP contribution in [0.1, 0.15) is 29.2 Å². The van der Waals surface area contributed by atoms with Crippen LogP contribution in [-0.2, 0) is 15.1 Å². The fraction of sp³-hybridized carbons (Fsp3) is 0.259. The number of imide groups is 1. The van der Waals surface area contributed by atoms with Crippen LogP contribution < -0.4 is 10.1 Å². The Balaban J connectivity index is 1.31. The average molecular weight is 494 g/mol. The van der Waals surface area contributed by atoms with Crippen molar-refractivity contribution in [3.63, 3.8) is 0 Å². The fourth-order valence-electron chi connectivity index (χ4n) is 4.67. The zero-order chi connectivity index (χ0) is 25.3. The second-order valence-electron chi connectivity index (χ2n) is 8.82. The molecule has 0 radical (unpaired) electrons. The standard InChI is InChI=1S/C27H24F2N2O5/c28-19-9-5-17(6-10-19)24(18-7-11-20(29)12-8-18)36-16-21(32)15-31-25(33)27(30-26(31)34)13-14-35-23-4-2-1-3-22(23)27/h1-12,21,24,32H,13-16H2,(H,30,34). The van der Waals surface area contributed by atoms with E-state index in [1.165, 1.54) is 24.3 Å². The van der Waals surface area contributed by atoms with E-state index in [0.717, 1.165) is 4.90 Å². The maximum absolute atomic E-state index is 13.5. The van der Waals surface area contributed by atoms with Crippen LogP contribution in [0.2, 0.25) is 0 Å². The molecule has 3 amide bonds. The predicted molar refractivity (Wildman–Crippen MR) is 125 cm³/mol. The molecule has 1 saturated heterocycles. The van der Waals surface area contributed by atoms with Crippen LogP contribution in [0.25, 0.3) is 0 Å². The molecule has 2 atom stereocenters. The van der Waals surface area contributed by atoms with Gasteiger partial charge in [-0.15, -0.1) is 0 Å². The molecule has 2 unspecified atom stereocenters. The van der Waals surface area contributed by atoms with Crippen LogP contribution in [0.4, 0.5) is 13.6 Å². The van der Waals surface area contributed by atoms with Gasteiger partial charge in [-0.2, -0.15) is 0 Å². The number of urea groups is 1. The molecule has 1 fully saturated rings. The van der Waals surface area contributed by atoms with Crippen molar-refractivity contribution in [3.05, 3.63) is 101 Å². The Labute approximate surface area is 206 Å². The van der Waals surface area contributed by atoms with Gasteiger partial charge in [-0.1, -0.05) is 42.5 Å². The lowest BCUT2D eigenvalue weighted by Gasteiger charge is -2.33. The number of nitrogens with zero attached hydrogens (tertiary/aromatic N) is 1. The third-order valence-electron chi connectivity index (χ3n) is 6.45. The molecule has 2 aliphatic rings. The molecule has 186 valence electrons. The normalized spacial score (nSPS) is 19.8. The number of benzene rings is 3. The molecule has 2 aliphatic heterocycles. The van der Waals surface area contributed by atoms with E-state index >= 15 is 0 Å². The number of amides is 3.